The number of amides is 1. The van der Waals surface area contributed by atoms with Gasteiger partial charge in [0.1, 0.15) is 5.69 Å². The third-order valence-corrected chi connectivity index (χ3v) is 4.19. The Balaban J connectivity index is 1.94. The van der Waals surface area contributed by atoms with E-state index in [1.165, 1.54) is 0 Å². The first-order chi connectivity index (χ1) is 11.6. The van der Waals surface area contributed by atoms with Crippen LogP contribution in [0.25, 0.3) is 22.5 Å². The highest BCUT2D eigenvalue weighted by atomic mass is 16.1. The summed E-state index contributed by atoms with van der Waals surface area (Å²) >= 11 is 0. The Morgan fingerprint density at radius 2 is 2.12 bits per heavy atom. The van der Waals surface area contributed by atoms with Crippen molar-refractivity contribution >= 4 is 11.9 Å². The molecule has 3 aromatic rings. The summed E-state index contributed by atoms with van der Waals surface area (Å²) in [6, 6.07) is 9.00. The molecule has 0 bridgehead atoms. The highest BCUT2D eigenvalue weighted by Gasteiger charge is 2.25. The summed E-state index contributed by atoms with van der Waals surface area (Å²) in [5.41, 5.74) is 16.0. The SMILES string of the molecule is NC(=O)c1cccc(-c2nn3c(c2-c2ccnc(N)n2)CCC3)c1. The fourth-order valence-electron chi connectivity index (χ4n) is 3.14. The maximum Gasteiger partial charge on any atom is 0.248 e. The molecule has 0 atom stereocenters. The number of benzene rings is 1. The van der Waals surface area contributed by atoms with Crippen molar-refractivity contribution in [1.29, 1.82) is 0 Å². The van der Waals surface area contributed by atoms with Crippen LogP contribution in [0.2, 0.25) is 0 Å². The quantitative estimate of drug-likeness (QED) is 0.761. The van der Waals surface area contributed by atoms with Crippen LogP contribution < -0.4 is 11.5 Å². The van der Waals surface area contributed by atoms with E-state index >= 15 is 0 Å². The average molecular weight is 320 g/mol. The van der Waals surface area contributed by atoms with Gasteiger partial charge in [-0.3, -0.25) is 9.48 Å². The fraction of sp³-hybridized carbons (Fsp3) is 0.176. The van der Waals surface area contributed by atoms with Gasteiger partial charge in [0.25, 0.3) is 0 Å². The lowest BCUT2D eigenvalue weighted by Gasteiger charge is -2.06. The third-order valence-electron chi connectivity index (χ3n) is 4.19. The van der Waals surface area contributed by atoms with E-state index in [4.69, 9.17) is 16.6 Å². The molecule has 1 aliphatic heterocycles. The Kier molecular flexibility index (Phi) is 3.26. The van der Waals surface area contributed by atoms with Gasteiger partial charge in [-0.1, -0.05) is 12.1 Å². The number of hydrogen-bond donors (Lipinski definition) is 2. The number of nitrogen functional groups attached to an aromatic ring is 1. The summed E-state index contributed by atoms with van der Waals surface area (Å²) in [7, 11) is 0. The number of nitrogens with two attached hydrogens (primary N) is 2. The van der Waals surface area contributed by atoms with Crippen molar-refractivity contribution in [3.05, 3.63) is 47.8 Å². The molecule has 4 N–H and O–H groups in total. The first-order valence-electron chi connectivity index (χ1n) is 7.72. The molecule has 0 unspecified atom stereocenters. The van der Waals surface area contributed by atoms with E-state index in [2.05, 4.69) is 9.97 Å². The number of primary amides is 1. The highest BCUT2D eigenvalue weighted by molar-refractivity contribution is 5.94. The minimum Gasteiger partial charge on any atom is -0.368 e. The summed E-state index contributed by atoms with van der Waals surface area (Å²) in [6.07, 6.45) is 3.62. The van der Waals surface area contributed by atoms with E-state index < -0.39 is 5.91 Å². The van der Waals surface area contributed by atoms with Crippen molar-refractivity contribution in [1.82, 2.24) is 19.7 Å². The average Bonchev–Trinajstić information content (AvgIpc) is 3.15. The molecule has 1 amide bonds. The van der Waals surface area contributed by atoms with Crippen LogP contribution in [0.15, 0.2) is 36.5 Å². The Morgan fingerprint density at radius 1 is 1.25 bits per heavy atom. The summed E-state index contributed by atoms with van der Waals surface area (Å²) in [5.74, 6) is -0.237. The lowest BCUT2D eigenvalue weighted by atomic mass is 10.00. The molecule has 0 saturated carbocycles. The third kappa shape index (κ3) is 2.30. The van der Waals surface area contributed by atoms with Gasteiger partial charge in [0.05, 0.1) is 5.69 Å². The molecule has 0 spiro atoms. The summed E-state index contributed by atoms with van der Waals surface area (Å²) < 4.78 is 2.00. The maximum atomic E-state index is 11.5. The molecule has 7 heteroatoms. The largest absolute Gasteiger partial charge is 0.368 e. The monoisotopic (exact) mass is 320 g/mol. The highest BCUT2D eigenvalue weighted by Crippen LogP contribution is 2.36. The smallest absolute Gasteiger partial charge is 0.248 e. The van der Waals surface area contributed by atoms with Crippen molar-refractivity contribution in [2.24, 2.45) is 5.73 Å². The molecule has 0 fully saturated rings. The Bertz CT molecular complexity index is 946. The molecule has 24 heavy (non-hydrogen) atoms. The van der Waals surface area contributed by atoms with E-state index in [9.17, 15) is 4.79 Å². The zero-order valence-electron chi connectivity index (χ0n) is 12.9. The van der Waals surface area contributed by atoms with Crippen LogP contribution in [-0.4, -0.2) is 25.7 Å². The minimum absolute atomic E-state index is 0.224. The molecule has 120 valence electrons. The van der Waals surface area contributed by atoms with Crippen LogP contribution in [0.3, 0.4) is 0 Å². The number of fused-ring (bicyclic) bond motifs is 1. The van der Waals surface area contributed by atoms with Crippen molar-refractivity contribution in [3.63, 3.8) is 0 Å². The van der Waals surface area contributed by atoms with Gasteiger partial charge < -0.3 is 11.5 Å². The lowest BCUT2D eigenvalue weighted by Crippen LogP contribution is -2.10. The van der Waals surface area contributed by atoms with E-state index in [-0.39, 0.29) is 5.95 Å². The predicted molar refractivity (Wildman–Crippen MR) is 89.9 cm³/mol. The molecular weight excluding hydrogens is 304 g/mol. The molecule has 0 saturated heterocycles. The van der Waals surface area contributed by atoms with Crippen molar-refractivity contribution < 1.29 is 4.79 Å². The van der Waals surface area contributed by atoms with Crippen LogP contribution in [0.1, 0.15) is 22.5 Å². The normalized spacial score (nSPS) is 13.0. The van der Waals surface area contributed by atoms with Crippen LogP contribution in [-0.2, 0) is 13.0 Å². The lowest BCUT2D eigenvalue weighted by molar-refractivity contribution is 0.100. The second-order valence-corrected chi connectivity index (χ2v) is 5.74. The topological polar surface area (TPSA) is 113 Å². The van der Waals surface area contributed by atoms with Gasteiger partial charge in [-0.05, 0) is 31.0 Å². The summed E-state index contributed by atoms with van der Waals surface area (Å²) in [5, 5.41) is 4.73. The zero-order valence-corrected chi connectivity index (χ0v) is 12.9. The number of nitrogens with zero attached hydrogens (tertiary/aromatic N) is 4. The van der Waals surface area contributed by atoms with E-state index in [1.807, 2.05) is 16.8 Å². The fourth-order valence-corrected chi connectivity index (χ4v) is 3.14. The van der Waals surface area contributed by atoms with Crippen LogP contribution in [0, 0.1) is 0 Å². The number of aromatic nitrogens is 4. The molecule has 1 aromatic carbocycles. The first-order valence-corrected chi connectivity index (χ1v) is 7.72. The molecule has 3 heterocycles. The molecular formula is C17H16N6O. The van der Waals surface area contributed by atoms with Crippen molar-refractivity contribution in [3.8, 4) is 22.5 Å². The first kappa shape index (κ1) is 14.4. The van der Waals surface area contributed by atoms with Crippen molar-refractivity contribution in [2.75, 3.05) is 5.73 Å². The minimum atomic E-state index is -0.462. The van der Waals surface area contributed by atoms with Gasteiger partial charge >= 0.3 is 0 Å². The predicted octanol–water partition coefficient (Wildman–Crippen LogP) is 1.63. The van der Waals surface area contributed by atoms with Crippen LogP contribution in [0.5, 0.6) is 0 Å². The number of anilines is 1. The molecule has 7 nitrogen and oxygen atoms in total. The number of hydrogen-bond acceptors (Lipinski definition) is 5. The molecule has 0 aliphatic carbocycles. The number of carbonyl (C=O) groups excluding carboxylic acids is 1. The second-order valence-electron chi connectivity index (χ2n) is 5.74. The zero-order chi connectivity index (χ0) is 16.7. The Hall–Kier alpha value is -3.22. The van der Waals surface area contributed by atoms with E-state index in [0.717, 1.165) is 47.6 Å². The van der Waals surface area contributed by atoms with Gasteiger partial charge in [0.2, 0.25) is 11.9 Å². The van der Waals surface area contributed by atoms with Gasteiger partial charge in [0, 0.05) is 35.1 Å². The summed E-state index contributed by atoms with van der Waals surface area (Å²) in [6.45, 7) is 0.873. The molecule has 2 aromatic heterocycles. The molecule has 1 aliphatic rings. The van der Waals surface area contributed by atoms with Crippen LogP contribution in [0.4, 0.5) is 5.95 Å². The number of carbonyl (C=O) groups is 1. The standard InChI is InChI=1S/C17H16N6O/c18-16(24)11-4-1-3-10(9-11)15-14(12-6-7-20-17(19)21-12)13-5-2-8-23(13)22-15/h1,3-4,6-7,9H,2,5,8H2,(H2,18,24)(H2,19,20,21). The van der Waals surface area contributed by atoms with E-state index in [1.54, 1.807) is 24.4 Å². The van der Waals surface area contributed by atoms with E-state index in [0.29, 0.717) is 5.56 Å². The van der Waals surface area contributed by atoms with Gasteiger partial charge in [-0.15, -0.1) is 0 Å². The Labute approximate surface area is 138 Å². The van der Waals surface area contributed by atoms with Gasteiger partial charge in [0.15, 0.2) is 0 Å². The summed E-state index contributed by atoms with van der Waals surface area (Å²) in [4.78, 5) is 19.8. The van der Waals surface area contributed by atoms with Crippen molar-refractivity contribution in [2.45, 2.75) is 19.4 Å². The van der Waals surface area contributed by atoms with Gasteiger partial charge in [-0.2, -0.15) is 5.10 Å². The molecule has 4 rings (SSSR count). The Morgan fingerprint density at radius 3 is 2.92 bits per heavy atom. The molecule has 0 radical (unpaired) electrons. The number of rotatable bonds is 3. The maximum absolute atomic E-state index is 11.5. The number of aryl methyl sites for hydroxylation is 1. The van der Waals surface area contributed by atoms with Crippen LogP contribution >= 0.6 is 0 Å². The van der Waals surface area contributed by atoms with Gasteiger partial charge in [-0.25, -0.2) is 9.97 Å². The second kappa shape index (κ2) is 5.45.